The Balaban J connectivity index is 2.24. The predicted octanol–water partition coefficient (Wildman–Crippen LogP) is 2.03. The second-order valence-corrected chi connectivity index (χ2v) is 7.84. The summed E-state index contributed by atoms with van der Waals surface area (Å²) in [6.45, 7) is 3.69. The largest absolute Gasteiger partial charge is 0.384 e. The van der Waals surface area contributed by atoms with E-state index in [1.165, 1.54) is 12.1 Å². The second kappa shape index (κ2) is 6.34. The number of benzene rings is 1. The fourth-order valence-electron chi connectivity index (χ4n) is 2.54. The molecule has 1 fully saturated rings. The molecule has 1 atom stereocenters. The lowest BCUT2D eigenvalue weighted by Gasteiger charge is -2.18. The zero-order valence-electron chi connectivity index (χ0n) is 12.0. The van der Waals surface area contributed by atoms with E-state index < -0.39 is 9.05 Å². The Kier molecular flexibility index (Phi) is 4.91. The summed E-state index contributed by atoms with van der Waals surface area (Å²) in [5, 5.41) is 0. The lowest BCUT2D eigenvalue weighted by Crippen LogP contribution is -2.30. The maximum absolute atomic E-state index is 12.5. The molecule has 0 bridgehead atoms. The Morgan fingerprint density at radius 1 is 1.48 bits per heavy atom. The molecule has 116 valence electrons. The van der Waals surface area contributed by atoms with Gasteiger partial charge in [-0.15, -0.1) is 0 Å². The van der Waals surface area contributed by atoms with Crippen LogP contribution < -0.4 is 0 Å². The van der Waals surface area contributed by atoms with Crippen LogP contribution in [0.3, 0.4) is 0 Å². The molecule has 2 rings (SSSR count). The number of nitrogens with zero attached hydrogens (tertiary/aromatic N) is 1. The van der Waals surface area contributed by atoms with Crippen LogP contribution in [-0.4, -0.2) is 46.0 Å². The molecule has 0 aliphatic carbocycles. The Bertz CT molecular complexity index is 644. The van der Waals surface area contributed by atoms with Crippen LogP contribution in [0.2, 0.25) is 0 Å². The first-order valence-electron chi connectivity index (χ1n) is 6.66. The second-order valence-electron chi connectivity index (χ2n) is 5.28. The van der Waals surface area contributed by atoms with Crippen molar-refractivity contribution in [2.75, 3.05) is 26.8 Å². The van der Waals surface area contributed by atoms with Crippen molar-refractivity contribution < 1.29 is 17.9 Å². The molecule has 5 nitrogen and oxygen atoms in total. The minimum atomic E-state index is -3.84. The summed E-state index contributed by atoms with van der Waals surface area (Å²) in [5.41, 5.74) is 1.12. The average molecular weight is 332 g/mol. The monoisotopic (exact) mass is 331 g/mol. The first kappa shape index (κ1) is 16.3. The first-order valence-corrected chi connectivity index (χ1v) is 8.97. The Hall–Kier alpha value is -1.11. The topological polar surface area (TPSA) is 63.7 Å². The molecular weight excluding hydrogens is 314 g/mol. The number of hydrogen-bond acceptors (Lipinski definition) is 4. The van der Waals surface area contributed by atoms with Gasteiger partial charge in [0.25, 0.3) is 15.0 Å². The van der Waals surface area contributed by atoms with E-state index >= 15 is 0 Å². The van der Waals surface area contributed by atoms with Crippen LogP contribution in [0.5, 0.6) is 0 Å². The fourth-order valence-corrected chi connectivity index (χ4v) is 3.32. The van der Waals surface area contributed by atoms with Crippen LogP contribution in [0.4, 0.5) is 0 Å². The van der Waals surface area contributed by atoms with Gasteiger partial charge in [-0.3, -0.25) is 4.79 Å². The highest BCUT2D eigenvalue weighted by atomic mass is 35.7. The number of hydrogen-bond donors (Lipinski definition) is 0. The zero-order chi connectivity index (χ0) is 15.6. The Morgan fingerprint density at radius 3 is 2.81 bits per heavy atom. The smallest absolute Gasteiger partial charge is 0.261 e. The van der Waals surface area contributed by atoms with Gasteiger partial charge in [0.15, 0.2) is 0 Å². The van der Waals surface area contributed by atoms with Crippen LogP contribution in [0, 0.1) is 12.8 Å². The SMILES string of the molecule is COCC1CCN(C(=O)c2cc(S(=O)(=O)Cl)ccc2C)C1. The van der Waals surface area contributed by atoms with Crippen molar-refractivity contribution in [2.45, 2.75) is 18.2 Å². The number of carbonyl (C=O) groups excluding carboxylic acids is 1. The summed E-state index contributed by atoms with van der Waals surface area (Å²) in [6, 6.07) is 4.36. The quantitative estimate of drug-likeness (QED) is 0.792. The van der Waals surface area contributed by atoms with Crippen molar-refractivity contribution in [3.8, 4) is 0 Å². The van der Waals surface area contributed by atoms with Crippen LogP contribution in [0.15, 0.2) is 23.1 Å². The molecule has 1 aromatic rings. The highest BCUT2D eigenvalue weighted by Gasteiger charge is 2.28. The normalized spacial score (nSPS) is 19.0. The van der Waals surface area contributed by atoms with Gasteiger partial charge in [0.05, 0.1) is 11.5 Å². The molecular formula is C14H18ClNO4S. The number of rotatable bonds is 4. The van der Waals surface area contributed by atoms with Gasteiger partial charge in [-0.05, 0) is 31.0 Å². The van der Waals surface area contributed by atoms with E-state index in [2.05, 4.69) is 0 Å². The van der Waals surface area contributed by atoms with Crippen LogP contribution >= 0.6 is 10.7 Å². The van der Waals surface area contributed by atoms with Crippen molar-refractivity contribution in [1.29, 1.82) is 0 Å². The number of methoxy groups -OCH3 is 1. The van der Waals surface area contributed by atoms with Gasteiger partial charge in [-0.2, -0.15) is 0 Å². The van der Waals surface area contributed by atoms with Gasteiger partial charge in [0.2, 0.25) is 0 Å². The molecule has 0 saturated carbocycles. The molecule has 0 radical (unpaired) electrons. The van der Waals surface area contributed by atoms with E-state index in [-0.39, 0.29) is 10.8 Å². The minimum absolute atomic E-state index is 0.0502. The molecule has 21 heavy (non-hydrogen) atoms. The summed E-state index contributed by atoms with van der Waals surface area (Å²) in [5.74, 6) is 0.174. The third kappa shape index (κ3) is 3.75. The molecule has 1 aromatic carbocycles. The molecule has 0 N–H and O–H groups in total. The van der Waals surface area contributed by atoms with Gasteiger partial charge >= 0.3 is 0 Å². The van der Waals surface area contributed by atoms with Gasteiger partial charge in [-0.1, -0.05) is 6.07 Å². The van der Waals surface area contributed by atoms with Crippen molar-refractivity contribution in [3.05, 3.63) is 29.3 Å². The van der Waals surface area contributed by atoms with E-state index in [1.807, 2.05) is 0 Å². The molecule has 1 unspecified atom stereocenters. The summed E-state index contributed by atoms with van der Waals surface area (Å²) < 4.78 is 27.9. The number of amides is 1. The molecule has 1 aliphatic heterocycles. The lowest BCUT2D eigenvalue weighted by molar-refractivity contribution is 0.0774. The molecule has 0 spiro atoms. The molecule has 1 amide bonds. The van der Waals surface area contributed by atoms with Crippen molar-refractivity contribution in [2.24, 2.45) is 5.92 Å². The molecule has 1 heterocycles. The van der Waals surface area contributed by atoms with Crippen LogP contribution in [-0.2, 0) is 13.8 Å². The summed E-state index contributed by atoms with van der Waals surface area (Å²) in [4.78, 5) is 14.2. The van der Waals surface area contributed by atoms with Crippen molar-refractivity contribution in [1.82, 2.24) is 4.90 Å². The fraction of sp³-hybridized carbons (Fsp3) is 0.500. The zero-order valence-corrected chi connectivity index (χ0v) is 13.6. The van der Waals surface area contributed by atoms with Crippen LogP contribution in [0.25, 0.3) is 0 Å². The molecule has 0 aromatic heterocycles. The lowest BCUT2D eigenvalue weighted by atomic mass is 10.1. The van der Waals surface area contributed by atoms with Crippen molar-refractivity contribution in [3.63, 3.8) is 0 Å². The van der Waals surface area contributed by atoms with E-state index in [0.717, 1.165) is 12.0 Å². The van der Waals surface area contributed by atoms with Gasteiger partial charge in [0, 0.05) is 42.4 Å². The number of carbonyl (C=O) groups is 1. The molecule has 1 aliphatic rings. The van der Waals surface area contributed by atoms with E-state index in [4.69, 9.17) is 15.4 Å². The maximum Gasteiger partial charge on any atom is 0.261 e. The molecule has 7 heteroatoms. The van der Waals surface area contributed by atoms with Crippen LogP contribution in [0.1, 0.15) is 22.3 Å². The first-order chi connectivity index (χ1) is 9.82. The summed E-state index contributed by atoms with van der Waals surface area (Å²) in [6.07, 6.45) is 0.895. The Morgan fingerprint density at radius 2 is 2.19 bits per heavy atom. The summed E-state index contributed by atoms with van der Waals surface area (Å²) in [7, 11) is 3.15. The third-order valence-electron chi connectivity index (χ3n) is 3.70. The average Bonchev–Trinajstić information content (AvgIpc) is 2.86. The highest BCUT2D eigenvalue weighted by molar-refractivity contribution is 8.13. The van der Waals surface area contributed by atoms with E-state index in [1.54, 1.807) is 25.0 Å². The third-order valence-corrected chi connectivity index (χ3v) is 5.05. The standard InChI is InChI=1S/C14H18ClNO4S/c1-10-3-4-12(21(15,18)19)7-13(10)14(17)16-6-5-11(8-16)9-20-2/h3-4,7,11H,5-6,8-9H2,1-2H3. The maximum atomic E-state index is 12.5. The number of likely N-dealkylation sites (tertiary alicyclic amines) is 1. The minimum Gasteiger partial charge on any atom is -0.384 e. The van der Waals surface area contributed by atoms with Gasteiger partial charge in [0.1, 0.15) is 0 Å². The number of aryl methyl sites for hydroxylation is 1. The van der Waals surface area contributed by atoms with E-state index in [9.17, 15) is 13.2 Å². The predicted molar refractivity (Wildman–Crippen MR) is 80.1 cm³/mol. The Labute approximate surface area is 129 Å². The van der Waals surface area contributed by atoms with Crippen molar-refractivity contribution >= 4 is 25.6 Å². The van der Waals surface area contributed by atoms with E-state index in [0.29, 0.717) is 31.2 Å². The number of halogens is 1. The highest BCUT2D eigenvalue weighted by Crippen LogP contribution is 2.23. The molecule has 1 saturated heterocycles. The number of ether oxygens (including phenoxy) is 1. The van der Waals surface area contributed by atoms with Gasteiger partial charge < -0.3 is 9.64 Å². The van der Waals surface area contributed by atoms with Gasteiger partial charge in [-0.25, -0.2) is 8.42 Å². The summed E-state index contributed by atoms with van der Waals surface area (Å²) >= 11 is 0.